The van der Waals surface area contributed by atoms with Gasteiger partial charge < -0.3 is 4.74 Å². The summed E-state index contributed by atoms with van der Waals surface area (Å²) in [5.41, 5.74) is 1.97. The Bertz CT molecular complexity index is 247. The molecule has 0 rings (SSSR count). The second kappa shape index (κ2) is 4.54. The molecule has 0 aromatic heterocycles. The Labute approximate surface area is 73.2 Å². The molecule has 0 bridgehead atoms. The third-order valence-corrected chi connectivity index (χ3v) is 1.26. The smallest absolute Gasteiger partial charge is 0.338 e. The van der Waals surface area contributed by atoms with Gasteiger partial charge in [0.2, 0.25) is 0 Å². The highest BCUT2D eigenvalue weighted by Gasteiger charge is 2.08. The largest absolute Gasteiger partial charge is 0.465 e. The average Bonchev–Trinajstić information content (AvgIpc) is 1.98. The summed E-state index contributed by atoms with van der Waals surface area (Å²) in [5, 5.41) is 0. The van der Waals surface area contributed by atoms with E-state index in [0.29, 0.717) is 11.1 Å². The van der Waals surface area contributed by atoms with Gasteiger partial charge in [-0.2, -0.15) is 0 Å². The van der Waals surface area contributed by atoms with Gasteiger partial charge in [0.1, 0.15) is 0 Å². The van der Waals surface area contributed by atoms with Crippen LogP contribution in [0.2, 0.25) is 0 Å². The molecule has 0 unspecified atom stereocenters. The van der Waals surface area contributed by atoms with Crippen LogP contribution in [-0.2, 0) is 9.53 Å². The molecule has 0 spiro atoms. The Balaban J connectivity index is 4.79. The lowest BCUT2D eigenvalue weighted by atomic mass is 10.1. The van der Waals surface area contributed by atoms with E-state index < -0.39 is 0 Å². The topological polar surface area (TPSA) is 26.3 Å². The highest BCUT2D eigenvalue weighted by molar-refractivity contribution is 5.93. The van der Waals surface area contributed by atoms with Crippen molar-refractivity contribution < 1.29 is 9.53 Å². The molecule has 66 valence electrons. The fraction of sp³-hybridized carbons (Fsp3) is 0.300. The van der Waals surface area contributed by atoms with Gasteiger partial charge in [-0.1, -0.05) is 18.7 Å². The molecular weight excluding hydrogens is 152 g/mol. The molecule has 0 aliphatic carbocycles. The van der Waals surface area contributed by atoms with Crippen LogP contribution in [0.3, 0.4) is 0 Å². The van der Waals surface area contributed by atoms with E-state index in [4.69, 9.17) is 0 Å². The first-order chi connectivity index (χ1) is 5.49. The average molecular weight is 166 g/mol. The van der Waals surface area contributed by atoms with E-state index in [-0.39, 0.29) is 5.97 Å². The lowest BCUT2D eigenvalue weighted by Gasteiger charge is -2.03. The summed E-state index contributed by atoms with van der Waals surface area (Å²) in [4.78, 5) is 11.1. The molecule has 0 amide bonds. The maximum Gasteiger partial charge on any atom is 0.338 e. The third kappa shape index (κ3) is 3.19. The molecule has 0 saturated heterocycles. The third-order valence-electron chi connectivity index (χ3n) is 1.26. The Morgan fingerprint density at radius 2 is 1.83 bits per heavy atom. The molecular formula is C10H14O2. The van der Waals surface area contributed by atoms with E-state index in [2.05, 4.69) is 17.9 Å². The second-order valence-corrected chi connectivity index (χ2v) is 2.68. The maximum atomic E-state index is 11.1. The molecule has 0 N–H and O–H groups in total. The molecule has 0 radical (unpaired) electrons. The van der Waals surface area contributed by atoms with Crippen LogP contribution in [0.15, 0.2) is 36.0 Å². The van der Waals surface area contributed by atoms with Crippen molar-refractivity contribution >= 4 is 5.97 Å². The predicted octanol–water partition coefficient (Wildman–Crippen LogP) is 2.24. The van der Waals surface area contributed by atoms with Crippen LogP contribution in [0.5, 0.6) is 0 Å². The fourth-order valence-corrected chi connectivity index (χ4v) is 0.713. The summed E-state index contributed by atoms with van der Waals surface area (Å²) in [5.74, 6) is -0.370. The van der Waals surface area contributed by atoms with E-state index in [9.17, 15) is 4.79 Å². The maximum absolute atomic E-state index is 11.1. The first-order valence-electron chi connectivity index (χ1n) is 3.60. The number of hydrogen-bond donors (Lipinski definition) is 0. The molecule has 0 fully saturated rings. The molecule has 0 aromatic carbocycles. The van der Waals surface area contributed by atoms with Crippen molar-refractivity contribution in [2.45, 2.75) is 13.8 Å². The monoisotopic (exact) mass is 166 g/mol. The normalized spacial score (nSPS) is 10.8. The zero-order valence-electron chi connectivity index (χ0n) is 7.81. The van der Waals surface area contributed by atoms with E-state index in [1.807, 2.05) is 6.92 Å². The standard InChI is InChI=1S/C10H14O2/c1-7(2)6-9(8(3)4)10(11)12-5/h6H,1,3H2,2,4-5H3/b9-6+. The molecule has 0 heterocycles. The number of allylic oxidation sites excluding steroid dienone is 2. The van der Waals surface area contributed by atoms with Crippen LogP contribution in [0.1, 0.15) is 13.8 Å². The number of carbonyl (C=O) groups excluding carboxylic acids is 1. The molecule has 0 saturated carbocycles. The minimum absolute atomic E-state index is 0.370. The van der Waals surface area contributed by atoms with Gasteiger partial charge in [-0.25, -0.2) is 4.79 Å². The van der Waals surface area contributed by atoms with Gasteiger partial charge in [-0.3, -0.25) is 0 Å². The van der Waals surface area contributed by atoms with Gasteiger partial charge in [-0.05, 0) is 25.5 Å². The second-order valence-electron chi connectivity index (χ2n) is 2.68. The van der Waals surface area contributed by atoms with Crippen LogP contribution in [0.4, 0.5) is 0 Å². The van der Waals surface area contributed by atoms with Gasteiger partial charge in [-0.15, -0.1) is 0 Å². The van der Waals surface area contributed by atoms with Crippen molar-refractivity contribution in [3.8, 4) is 0 Å². The quantitative estimate of drug-likeness (QED) is 0.365. The number of methoxy groups -OCH3 is 1. The molecule has 12 heavy (non-hydrogen) atoms. The molecule has 2 nitrogen and oxygen atoms in total. The van der Waals surface area contributed by atoms with E-state index in [1.165, 1.54) is 7.11 Å². The SMILES string of the molecule is C=C(C)/C=C(\C(=C)C)C(=O)OC. The number of esters is 1. The van der Waals surface area contributed by atoms with Crippen LogP contribution in [0.25, 0.3) is 0 Å². The van der Waals surface area contributed by atoms with Crippen LogP contribution in [-0.4, -0.2) is 13.1 Å². The summed E-state index contributed by atoms with van der Waals surface area (Å²) in [7, 11) is 1.34. The number of carbonyl (C=O) groups is 1. The lowest BCUT2D eigenvalue weighted by Crippen LogP contribution is -2.05. The van der Waals surface area contributed by atoms with Crippen molar-refractivity contribution in [2.75, 3.05) is 7.11 Å². The molecule has 0 aliphatic rings. The molecule has 0 aromatic rings. The van der Waals surface area contributed by atoms with Gasteiger partial charge in [0.05, 0.1) is 12.7 Å². The summed E-state index contributed by atoms with van der Waals surface area (Å²) < 4.78 is 4.57. The summed E-state index contributed by atoms with van der Waals surface area (Å²) in [6, 6.07) is 0. The summed E-state index contributed by atoms with van der Waals surface area (Å²) >= 11 is 0. The Hall–Kier alpha value is -1.31. The Morgan fingerprint density at radius 3 is 2.08 bits per heavy atom. The Morgan fingerprint density at radius 1 is 1.33 bits per heavy atom. The van der Waals surface area contributed by atoms with Gasteiger partial charge >= 0.3 is 5.97 Å². The van der Waals surface area contributed by atoms with E-state index >= 15 is 0 Å². The van der Waals surface area contributed by atoms with Crippen molar-refractivity contribution in [2.24, 2.45) is 0 Å². The van der Waals surface area contributed by atoms with Crippen molar-refractivity contribution in [3.05, 3.63) is 36.0 Å². The minimum Gasteiger partial charge on any atom is -0.465 e. The first-order valence-corrected chi connectivity index (χ1v) is 3.60. The summed E-state index contributed by atoms with van der Waals surface area (Å²) in [6.07, 6.45) is 1.66. The zero-order chi connectivity index (χ0) is 9.72. The number of ether oxygens (including phenoxy) is 1. The molecule has 0 atom stereocenters. The number of hydrogen-bond acceptors (Lipinski definition) is 2. The van der Waals surface area contributed by atoms with Crippen LogP contribution in [0, 0.1) is 0 Å². The van der Waals surface area contributed by atoms with Gasteiger partial charge in [0.25, 0.3) is 0 Å². The highest BCUT2D eigenvalue weighted by atomic mass is 16.5. The Kier molecular flexibility index (Phi) is 4.05. The first kappa shape index (κ1) is 10.7. The van der Waals surface area contributed by atoms with Crippen molar-refractivity contribution in [1.29, 1.82) is 0 Å². The van der Waals surface area contributed by atoms with Crippen LogP contribution >= 0.6 is 0 Å². The predicted molar refractivity (Wildman–Crippen MR) is 49.7 cm³/mol. The number of rotatable bonds is 3. The van der Waals surface area contributed by atoms with Crippen molar-refractivity contribution in [3.63, 3.8) is 0 Å². The fourth-order valence-electron chi connectivity index (χ4n) is 0.713. The minimum atomic E-state index is -0.370. The summed E-state index contributed by atoms with van der Waals surface area (Å²) in [6.45, 7) is 10.9. The van der Waals surface area contributed by atoms with Gasteiger partial charge in [0, 0.05) is 0 Å². The van der Waals surface area contributed by atoms with E-state index in [1.54, 1.807) is 13.0 Å². The van der Waals surface area contributed by atoms with E-state index in [0.717, 1.165) is 5.57 Å². The van der Waals surface area contributed by atoms with Crippen molar-refractivity contribution in [1.82, 2.24) is 0 Å². The zero-order valence-corrected chi connectivity index (χ0v) is 7.81. The molecule has 0 aliphatic heterocycles. The highest BCUT2D eigenvalue weighted by Crippen LogP contribution is 2.10. The lowest BCUT2D eigenvalue weighted by molar-refractivity contribution is -0.135. The molecule has 2 heteroatoms. The van der Waals surface area contributed by atoms with Gasteiger partial charge in [0.15, 0.2) is 0 Å². The van der Waals surface area contributed by atoms with Crippen LogP contribution < -0.4 is 0 Å².